The number of carbonyl (C=O) groups excluding carboxylic acids is 1. The minimum absolute atomic E-state index is 0.0864. The van der Waals surface area contributed by atoms with Gasteiger partial charge >= 0.3 is 0 Å². The summed E-state index contributed by atoms with van der Waals surface area (Å²) in [6.07, 6.45) is 6.77. The minimum Gasteiger partial charge on any atom is -0.472 e. The summed E-state index contributed by atoms with van der Waals surface area (Å²) < 4.78 is 7.15. The zero-order valence-corrected chi connectivity index (χ0v) is 17.0. The van der Waals surface area contributed by atoms with E-state index in [1.807, 2.05) is 65.2 Å². The van der Waals surface area contributed by atoms with Crippen LogP contribution >= 0.6 is 0 Å². The topological polar surface area (TPSA) is 97.8 Å². The Kier molecular flexibility index (Phi) is 4.77. The highest BCUT2D eigenvalue weighted by Gasteiger charge is 2.17. The molecule has 3 heterocycles. The van der Waals surface area contributed by atoms with Crippen LogP contribution in [0.1, 0.15) is 11.3 Å². The van der Waals surface area contributed by atoms with E-state index in [-0.39, 0.29) is 6.42 Å². The molecule has 0 spiro atoms. The average molecular weight is 418 g/mol. The Bertz CT molecular complexity index is 1490. The maximum absolute atomic E-state index is 11.6. The Hall–Kier alpha value is -4.63. The van der Waals surface area contributed by atoms with Gasteiger partial charge in [0, 0.05) is 28.9 Å². The van der Waals surface area contributed by atoms with Gasteiger partial charge in [-0.05, 0) is 53.1 Å². The first-order valence-electron chi connectivity index (χ1n) is 10.0. The van der Waals surface area contributed by atoms with E-state index in [4.69, 9.17) is 10.2 Å². The molecule has 5 rings (SSSR count). The molecule has 3 aromatic heterocycles. The van der Waals surface area contributed by atoms with E-state index >= 15 is 0 Å². The third kappa shape index (κ3) is 3.32. The molecule has 0 aliphatic carbocycles. The summed E-state index contributed by atoms with van der Waals surface area (Å²) in [5, 5.41) is 10.9. The molecule has 0 aliphatic heterocycles. The normalized spacial score (nSPS) is 10.8. The van der Waals surface area contributed by atoms with Crippen LogP contribution in [-0.4, -0.2) is 15.5 Å². The van der Waals surface area contributed by atoms with E-state index in [0.717, 1.165) is 44.4 Å². The third-order valence-electron chi connectivity index (χ3n) is 5.47. The lowest BCUT2D eigenvalue weighted by atomic mass is 9.97. The third-order valence-corrected chi connectivity index (χ3v) is 5.47. The first kappa shape index (κ1) is 19.3. The number of hydrogen-bond acceptors (Lipinski definition) is 4. The van der Waals surface area contributed by atoms with E-state index in [1.54, 1.807) is 24.9 Å². The molecule has 5 aromatic rings. The molecule has 0 saturated heterocycles. The van der Waals surface area contributed by atoms with Crippen LogP contribution < -0.4 is 5.73 Å². The number of furan rings is 1. The van der Waals surface area contributed by atoms with Crippen LogP contribution in [0.3, 0.4) is 0 Å². The van der Waals surface area contributed by atoms with Gasteiger partial charge in [0.25, 0.3) is 0 Å². The monoisotopic (exact) mass is 418 g/mol. The SMILES string of the molecule is N#Cc1cc2cc(-c3ccoc3)ccc2n1-c1ccccc1-c1ccncc1CC(N)=O. The number of para-hydroxylation sites is 1. The van der Waals surface area contributed by atoms with Crippen LogP contribution in [0, 0.1) is 11.3 Å². The summed E-state index contributed by atoms with van der Waals surface area (Å²) in [6, 6.07) is 21.8. The lowest BCUT2D eigenvalue weighted by Gasteiger charge is -2.16. The summed E-state index contributed by atoms with van der Waals surface area (Å²) in [5.74, 6) is -0.423. The highest BCUT2D eigenvalue weighted by molar-refractivity contribution is 5.91. The fraction of sp³-hybridized carbons (Fsp3) is 0.0385. The number of hydrogen-bond donors (Lipinski definition) is 1. The number of aromatic nitrogens is 2. The zero-order valence-electron chi connectivity index (χ0n) is 17.0. The predicted molar refractivity (Wildman–Crippen MR) is 122 cm³/mol. The molecular weight excluding hydrogens is 400 g/mol. The number of carbonyl (C=O) groups is 1. The second kappa shape index (κ2) is 7.89. The molecule has 0 fully saturated rings. The molecule has 6 nitrogen and oxygen atoms in total. The van der Waals surface area contributed by atoms with Crippen molar-refractivity contribution in [2.45, 2.75) is 6.42 Å². The van der Waals surface area contributed by atoms with Gasteiger partial charge in [-0.25, -0.2) is 0 Å². The van der Waals surface area contributed by atoms with E-state index in [9.17, 15) is 10.1 Å². The molecule has 2 N–H and O–H groups in total. The Morgan fingerprint density at radius 1 is 1.06 bits per heavy atom. The molecule has 1 amide bonds. The number of fused-ring (bicyclic) bond motifs is 1. The van der Waals surface area contributed by atoms with Crippen molar-refractivity contribution in [3.05, 3.63) is 96.8 Å². The molecule has 6 heteroatoms. The quantitative estimate of drug-likeness (QED) is 0.441. The van der Waals surface area contributed by atoms with Crippen LogP contribution in [0.4, 0.5) is 0 Å². The molecule has 2 aromatic carbocycles. The molecule has 0 saturated carbocycles. The Balaban J connectivity index is 1.73. The van der Waals surface area contributed by atoms with E-state index in [2.05, 4.69) is 11.1 Å². The maximum atomic E-state index is 11.6. The van der Waals surface area contributed by atoms with E-state index in [0.29, 0.717) is 5.69 Å². The molecule has 0 atom stereocenters. The van der Waals surface area contributed by atoms with E-state index < -0.39 is 5.91 Å². The smallest absolute Gasteiger partial charge is 0.221 e. The maximum Gasteiger partial charge on any atom is 0.221 e. The first-order valence-corrected chi connectivity index (χ1v) is 10.0. The van der Waals surface area contributed by atoms with Crippen LogP contribution in [0.15, 0.2) is 90.0 Å². The lowest BCUT2D eigenvalue weighted by Crippen LogP contribution is -2.14. The first-order chi connectivity index (χ1) is 15.7. The molecule has 154 valence electrons. The van der Waals surface area contributed by atoms with Crippen molar-refractivity contribution in [3.8, 4) is 34.0 Å². The van der Waals surface area contributed by atoms with E-state index in [1.165, 1.54) is 0 Å². The molecule has 0 bridgehead atoms. The number of nitrogens with two attached hydrogens (primary N) is 1. The lowest BCUT2D eigenvalue weighted by molar-refractivity contribution is -0.117. The highest BCUT2D eigenvalue weighted by Crippen LogP contribution is 2.34. The van der Waals surface area contributed by atoms with Crippen molar-refractivity contribution in [2.75, 3.05) is 0 Å². The van der Waals surface area contributed by atoms with Crippen molar-refractivity contribution in [1.82, 2.24) is 9.55 Å². The fourth-order valence-electron chi connectivity index (χ4n) is 4.08. The van der Waals surface area contributed by atoms with Crippen molar-refractivity contribution in [2.24, 2.45) is 5.73 Å². The Morgan fingerprint density at radius 3 is 2.72 bits per heavy atom. The molecule has 0 unspecified atom stereocenters. The van der Waals surface area contributed by atoms with Gasteiger partial charge in [-0.3, -0.25) is 9.78 Å². The van der Waals surface area contributed by atoms with Crippen molar-refractivity contribution in [1.29, 1.82) is 5.26 Å². The van der Waals surface area contributed by atoms with Gasteiger partial charge in [-0.2, -0.15) is 5.26 Å². The Labute approximate surface area is 184 Å². The Morgan fingerprint density at radius 2 is 1.94 bits per heavy atom. The summed E-state index contributed by atoms with van der Waals surface area (Å²) in [6.45, 7) is 0. The fourth-order valence-corrected chi connectivity index (χ4v) is 4.08. The standard InChI is InChI=1S/C26H18N4O2/c27-14-21-12-19-11-17(18-8-10-32-16-18)5-6-24(19)30(21)25-4-2-1-3-23(25)22-7-9-29-15-20(22)13-26(28)31/h1-12,15-16H,13H2,(H2,28,31). The van der Waals surface area contributed by atoms with Crippen LogP contribution in [0.2, 0.25) is 0 Å². The van der Waals surface area contributed by atoms with Crippen molar-refractivity contribution < 1.29 is 9.21 Å². The zero-order chi connectivity index (χ0) is 22.1. The highest BCUT2D eigenvalue weighted by atomic mass is 16.3. The summed E-state index contributed by atoms with van der Waals surface area (Å²) in [5.41, 5.74) is 12.2. The van der Waals surface area contributed by atoms with Gasteiger partial charge in [0.15, 0.2) is 0 Å². The second-order valence-electron chi connectivity index (χ2n) is 7.46. The van der Waals surface area contributed by atoms with Crippen LogP contribution in [-0.2, 0) is 11.2 Å². The van der Waals surface area contributed by atoms with Gasteiger partial charge < -0.3 is 14.7 Å². The molecule has 0 aliphatic rings. The number of benzene rings is 2. The van der Waals surface area contributed by atoms with Gasteiger partial charge in [0.2, 0.25) is 5.91 Å². The number of nitriles is 1. The number of rotatable bonds is 5. The summed E-state index contributed by atoms with van der Waals surface area (Å²) in [7, 11) is 0. The second-order valence-corrected chi connectivity index (χ2v) is 7.46. The van der Waals surface area contributed by atoms with Gasteiger partial charge in [0.1, 0.15) is 11.8 Å². The van der Waals surface area contributed by atoms with Gasteiger partial charge in [-0.1, -0.05) is 24.3 Å². The number of primary amides is 1. The van der Waals surface area contributed by atoms with Crippen molar-refractivity contribution >= 4 is 16.8 Å². The number of pyridine rings is 1. The largest absolute Gasteiger partial charge is 0.472 e. The van der Waals surface area contributed by atoms with Crippen LogP contribution in [0.25, 0.3) is 38.8 Å². The van der Waals surface area contributed by atoms with Crippen LogP contribution in [0.5, 0.6) is 0 Å². The predicted octanol–water partition coefficient (Wildman–Crippen LogP) is 4.85. The summed E-state index contributed by atoms with van der Waals surface area (Å²) in [4.78, 5) is 15.8. The van der Waals surface area contributed by atoms with Gasteiger partial charge in [-0.15, -0.1) is 0 Å². The average Bonchev–Trinajstić information content (AvgIpc) is 3.46. The van der Waals surface area contributed by atoms with Crippen molar-refractivity contribution in [3.63, 3.8) is 0 Å². The molecular formula is C26H18N4O2. The number of amides is 1. The summed E-state index contributed by atoms with van der Waals surface area (Å²) >= 11 is 0. The van der Waals surface area contributed by atoms with Gasteiger partial charge in [0.05, 0.1) is 30.2 Å². The molecule has 0 radical (unpaired) electrons. The number of nitrogens with zero attached hydrogens (tertiary/aromatic N) is 3. The minimum atomic E-state index is -0.423. The molecule has 32 heavy (non-hydrogen) atoms.